The van der Waals surface area contributed by atoms with Crippen molar-refractivity contribution in [3.8, 4) is 11.8 Å². The van der Waals surface area contributed by atoms with E-state index in [2.05, 4.69) is 21.8 Å². The normalized spacial score (nSPS) is 9.67. The number of alkyl halides is 1. The number of benzene rings is 1. The molecule has 0 saturated heterocycles. The molecule has 0 amide bonds. The van der Waals surface area contributed by atoms with Crippen LogP contribution in [0.25, 0.3) is 11.0 Å². The molecule has 2 aromatic rings. The van der Waals surface area contributed by atoms with E-state index < -0.39 is 0 Å². The van der Waals surface area contributed by atoms with Crippen LogP contribution >= 0.6 is 11.6 Å². The van der Waals surface area contributed by atoms with Crippen molar-refractivity contribution in [3.05, 3.63) is 36.2 Å². The zero-order valence-electron chi connectivity index (χ0n) is 8.07. The topological polar surface area (TPSA) is 25.8 Å². The Balaban J connectivity index is 2.36. The molecule has 15 heavy (non-hydrogen) atoms. The van der Waals surface area contributed by atoms with Crippen molar-refractivity contribution in [2.75, 3.05) is 5.88 Å². The molecule has 0 radical (unpaired) electrons. The van der Waals surface area contributed by atoms with Crippen LogP contribution in [0.15, 0.2) is 30.5 Å². The van der Waals surface area contributed by atoms with Crippen molar-refractivity contribution in [3.63, 3.8) is 0 Å². The highest BCUT2D eigenvalue weighted by molar-refractivity contribution is 6.18. The molecule has 0 aliphatic carbocycles. The zero-order chi connectivity index (χ0) is 10.5. The number of para-hydroxylation sites is 2. The van der Waals surface area contributed by atoms with E-state index in [4.69, 9.17) is 11.6 Å². The first-order chi connectivity index (χ1) is 7.40. The third kappa shape index (κ3) is 2.45. The van der Waals surface area contributed by atoms with E-state index in [9.17, 15) is 0 Å². The first-order valence-electron chi connectivity index (χ1n) is 4.67. The number of aromatic nitrogens is 2. The average molecular weight is 217 g/mol. The number of nitrogens with zero attached hydrogens (tertiary/aromatic N) is 2. The number of rotatable bonds is 1. The minimum atomic E-state index is 0.550. The van der Waals surface area contributed by atoms with Crippen LogP contribution in [0.5, 0.6) is 0 Å². The Morgan fingerprint density at radius 1 is 1.20 bits per heavy atom. The van der Waals surface area contributed by atoms with Gasteiger partial charge in [0, 0.05) is 12.3 Å². The van der Waals surface area contributed by atoms with Crippen LogP contribution in [0, 0.1) is 11.8 Å². The molecule has 0 fully saturated rings. The maximum absolute atomic E-state index is 5.52. The van der Waals surface area contributed by atoms with Gasteiger partial charge in [-0.25, -0.2) is 4.98 Å². The SMILES string of the molecule is ClCCC#Cc1cnc2ccccc2n1. The van der Waals surface area contributed by atoms with E-state index in [1.54, 1.807) is 6.20 Å². The summed E-state index contributed by atoms with van der Waals surface area (Å²) in [5.74, 6) is 6.41. The summed E-state index contributed by atoms with van der Waals surface area (Å²) in [5.41, 5.74) is 2.45. The summed E-state index contributed by atoms with van der Waals surface area (Å²) in [6.45, 7) is 0. The summed E-state index contributed by atoms with van der Waals surface area (Å²) >= 11 is 5.52. The molecular formula is C12H9ClN2. The van der Waals surface area contributed by atoms with E-state index in [1.165, 1.54) is 0 Å². The lowest BCUT2D eigenvalue weighted by molar-refractivity contribution is 1.25. The van der Waals surface area contributed by atoms with Gasteiger partial charge in [-0.2, -0.15) is 0 Å². The predicted molar refractivity (Wildman–Crippen MR) is 61.8 cm³/mol. The molecule has 0 atom stereocenters. The lowest BCUT2D eigenvalue weighted by atomic mass is 10.3. The van der Waals surface area contributed by atoms with Gasteiger partial charge in [0.15, 0.2) is 0 Å². The molecule has 0 saturated carbocycles. The van der Waals surface area contributed by atoms with Crippen molar-refractivity contribution >= 4 is 22.6 Å². The monoisotopic (exact) mass is 216 g/mol. The largest absolute Gasteiger partial charge is 0.252 e. The highest BCUT2D eigenvalue weighted by atomic mass is 35.5. The molecule has 1 aromatic carbocycles. The summed E-state index contributed by atoms with van der Waals surface area (Å²) in [7, 11) is 0. The Morgan fingerprint density at radius 3 is 2.80 bits per heavy atom. The molecule has 0 N–H and O–H groups in total. The van der Waals surface area contributed by atoms with Gasteiger partial charge in [-0.3, -0.25) is 4.98 Å². The first-order valence-corrected chi connectivity index (χ1v) is 5.20. The summed E-state index contributed by atoms with van der Waals surface area (Å²) < 4.78 is 0. The van der Waals surface area contributed by atoms with Gasteiger partial charge in [0.2, 0.25) is 0 Å². The second-order valence-corrected chi connectivity index (χ2v) is 3.36. The molecule has 0 spiro atoms. The van der Waals surface area contributed by atoms with Crippen LogP contribution in [0.1, 0.15) is 12.1 Å². The van der Waals surface area contributed by atoms with Gasteiger partial charge in [-0.05, 0) is 18.1 Å². The smallest absolute Gasteiger partial charge is 0.132 e. The fraction of sp³-hybridized carbons (Fsp3) is 0.167. The van der Waals surface area contributed by atoms with Crippen LogP contribution in [0.4, 0.5) is 0 Å². The lowest BCUT2D eigenvalue weighted by Gasteiger charge is -1.95. The summed E-state index contributed by atoms with van der Waals surface area (Å²) in [6.07, 6.45) is 2.36. The van der Waals surface area contributed by atoms with E-state index in [0.717, 1.165) is 11.0 Å². The molecule has 3 heteroatoms. The first kappa shape index (κ1) is 9.95. The number of hydrogen-bond donors (Lipinski definition) is 0. The minimum absolute atomic E-state index is 0.550. The Labute approximate surface area is 93.3 Å². The van der Waals surface area contributed by atoms with Crippen LogP contribution in [0.3, 0.4) is 0 Å². The third-order valence-electron chi connectivity index (χ3n) is 1.88. The summed E-state index contributed by atoms with van der Waals surface area (Å²) in [5, 5.41) is 0. The number of halogens is 1. The quantitative estimate of drug-likeness (QED) is 0.541. The predicted octanol–water partition coefficient (Wildman–Crippen LogP) is 2.61. The maximum Gasteiger partial charge on any atom is 0.132 e. The van der Waals surface area contributed by atoms with Gasteiger partial charge in [-0.15, -0.1) is 11.6 Å². The molecule has 0 aliphatic heterocycles. The molecule has 0 unspecified atom stereocenters. The standard InChI is InChI=1S/C12H9ClN2/c13-8-4-3-5-10-9-14-11-6-1-2-7-12(11)15-10/h1-2,6-7,9H,4,8H2. The summed E-state index contributed by atoms with van der Waals surface area (Å²) in [4.78, 5) is 8.63. The molecule has 1 aromatic heterocycles. The molecule has 2 rings (SSSR count). The molecule has 0 aliphatic rings. The van der Waals surface area contributed by atoms with Crippen LogP contribution in [-0.4, -0.2) is 15.8 Å². The van der Waals surface area contributed by atoms with Crippen molar-refractivity contribution < 1.29 is 0 Å². The molecule has 0 bridgehead atoms. The lowest BCUT2D eigenvalue weighted by Crippen LogP contribution is -1.87. The van der Waals surface area contributed by atoms with Gasteiger partial charge in [0.1, 0.15) is 5.69 Å². The molecule has 74 valence electrons. The molecule has 2 nitrogen and oxygen atoms in total. The van der Waals surface area contributed by atoms with E-state index in [-0.39, 0.29) is 0 Å². The molecular weight excluding hydrogens is 208 g/mol. The zero-order valence-corrected chi connectivity index (χ0v) is 8.83. The second kappa shape index (κ2) is 4.77. The van der Waals surface area contributed by atoms with Gasteiger partial charge in [-0.1, -0.05) is 18.1 Å². The Bertz CT molecular complexity index is 526. The van der Waals surface area contributed by atoms with Gasteiger partial charge in [0.25, 0.3) is 0 Å². The number of hydrogen-bond acceptors (Lipinski definition) is 2. The maximum atomic E-state index is 5.52. The van der Waals surface area contributed by atoms with E-state index in [0.29, 0.717) is 18.0 Å². The van der Waals surface area contributed by atoms with Crippen LogP contribution < -0.4 is 0 Å². The van der Waals surface area contributed by atoms with Crippen molar-refractivity contribution in [1.29, 1.82) is 0 Å². The third-order valence-corrected chi connectivity index (χ3v) is 2.07. The van der Waals surface area contributed by atoms with Crippen molar-refractivity contribution in [1.82, 2.24) is 9.97 Å². The Hall–Kier alpha value is -1.59. The Morgan fingerprint density at radius 2 is 2.00 bits per heavy atom. The fourth-order valence-electron chi connectivity index (χ4n) is 1.22. The number of fused-ring (bicyclic) bond motifs is 1. The van der Waals surface area contributed by atoms with Crippen molar-refractivity contribution in [2.45, 2.75) is 6.42 Å². The van der Waals surface area contributed by atoms with Crippen LogP contribution in [0.2, 0.25) is 0 Å². The minimum Gasteiger partial charge on any atom is -0.252 e. The van der Waals surface area contributed by atoms with Gasteiger partial charge >= 0.3 is 0 Å². The fourth-order valence-corrected chi connectivity index (χ4v) is 1.31. The second-order valence-electron chi connectivity index (χ2n) is 2.98. The summed E-state index contributed by atoms with van der Waals surface area (Å²) in [6, 6.07) is 7.73. The van der Waals surface area contributed by atoms with E-state index >= 15 is 0 Å². The van der Waals surface area contributed by atoms with Gasteiger partial charge < -0.3 is 0 Å². The molecule has 1 heterocycles. The van der Waals surface area contributed by atoms with Crippen LogP contribution in [-0.2, 0) is 0 Å². The highest BCUT2D eigenvalue weighted by Gasteiger charge is 1.95. The van der Waals surface area contributed by atoms with Crippen molar-refractivity contribution in [2.24, 2.45) is 0 Å². The van der Waals surface area contributed by atoms with E-state index in [1.807, 2.05) is 24.3 Å². The highest BCUT2D eigenvalue weighted by Crippen LogP contribution is 2.07. The average Bonchev–Trinajstić information content (AvgIpc) is 2.29. The van der Waals surface area contributed by atoms with Gasteiger partial charge in [0.05, 0.1) is 17.2 Å². The Kier molecular flexibility index (Phi) is 3.16.